The average molecular weight is 520 g/mol. The summed E-state index contributed by atoms with van der Waals surface area (Å²) in [5.74, 6) is -2.48. The van der Waals surface area contributed by atoms with E-state index in [4.69, 9.17) is 17.3 Å². The molecule has 0 aliphatic rings. The number of carboxylic acids is 1. The number of nitrogens with one attached hydrogen (secondary N) is 1. The Balaban J connectivity index is 2.16. The van der Waals surface area contributed by atoms with E-state index in [-0.39, 0.29) is 37.9 Å². The predicted molar refractivity (Wildman–Crippen MR) is 125 cm³/mol. The standard InChI is InChI=1S/C22H20BrClN4O4/c1-3-11(2)12-8-9-13(20(25)29)15(10-12)18-17(23)19(22(31)32)28(26-18)27-21(30)14-6-4-5-7-16(14)24/h4-11H,3H2,1-2H3,(H2,25,29)(H,27,30)(H,31,32). The molecule has 0 radical (unpaired) electrons. The lowest BCUT2D eigenvalue weighted by molar-refractivity contribution is 0.0684. The maximum absolute atomic E-state index is 12.7. The number of carboxylic acid groups (broad SMARTS) is 1. The number of halogens is 2. The van der Waals surface area contributed by atoms with Gasteiger partial charge in [-0.1, -0.05) is 43.6 Å². The number of aromatic carboxylic acids is 1. The van der Waals surface area contributed by atoms with Gasteiger partial charge in [-0.25, -0.2) is 10.2 Å². The second-order valence-corrected chi connectivity index (χ2v) is 8.33. The molecule has 0 saturated carbocycles. The molecule has 0 spiro atoms. The molecule has 1 heterocycles. The van der Waals surface area contributed by atoms with Crippen LogP contribution in [0.5, 0.6) is 0 Å². The summed E-state index contributed by atoms with van der Waals surface area (Å²) < 4.78 is 0.0910. The number of nitrogens with two attached hydrogens (primary N) is 1. The van der Waals surface area contributed by atoms with Gasteiger partial charge in [-0.15, -0.1) is 0 Å². The second kappa shape index (κ2) is 9.54. The maximum atomic E-state index is 12.7. The van der Waals surface area contributed by atoms with E-state index in [1.807, 2.05) is 13.8 Å². The molecule has 0 aliphatic carbocycles. The Morgan fingerprint density at radius 3 is 2.50 bits per heavy atom. The Labute approximate surface area is 197 Å². The highest BCUT2D eigenvalue weighted by Crippen LogP contribution is 2.35. The van der Waals surface area contributed by atoms with Crippen molar-refractivity contribution in [2.75, 3.05) is 5.43 Å². The van der Waals surface area contributed by atoms with Crippen molar-refractivity contribution >= 4 is 45.3 Å². The van der Waals surface area contributed by atoms with Crippen molar-refractivity contribution in [3.63, 3.8) is 0 Å². The van der Waals surface area contributed by atoms with Gasteiger partial charge in [0, 0.05) is 11.1 Å². The van der Waals surface area contributed by atoms with E-state index in [9.17, 15) is 19.5 Å². The van der Waals surface area contributed by atoms with Crippen LogP contribution in [0.25, 0.3) is 11.3 Å². The summed E-state index contributed by atoms with van der Waals surface area (Å²) in [5.41, 5.74) is 9.43. The van der Waals surface area contributed by atoms with Crippen LogP contribution in [0.1, 0.15) is 63.0 Å². The molecular weight excluding hydrogens is 500 g/mol. The van der Waals surface area contributed by atoms with Gasteiger partial charge < -0.3 is 10.8 Å². The van der Waals surface area contributed by atoms with Crippen molar-refractivity contribution < 1.29 is 19.5 Å². The molecule has 0 fully saturated rings. The SMILES string of the molecule is CCC(C)c1ccc(C(N)=O)c(-c2nn(NC(=O)c3ccccc3Cl)c(C(=O)O)c2Br)c1. The van der Waals surface area contributed by atoms with E-state index in [0.29, 0.717) is 5.56 Å². The van der Waals surface area contributed by atoms with Gasteiger partial charge in [0.15, 0.2) is 5.69 Å². The largest absolute Gasteiger partial charge is 0.476 e. The van der Waals surface area contributed by atoms with Crippen LogP contribution in [0.3, 0.4) is 0 Å². The fourth-order valence-electron chi connectivity index (χ4n) is 3.15. The quantitative estimate of drug-likeness (QED) is 0.418. The first kappa shape index (κ1) is 23.5. The molecule has 2 amide bonds. The maximum Gasteiger partial charge on any atom is 0.357 e. The van der Waals surface area contributed by atoms with Gasteiger partial charge in [-0.3, -0.25) is 9.59 Å². The average Bonchev–Trinajstić information content (AvgIpc) is 3.08. The Hall–Kier alpha value is -3.17. The lowest BCUT2D eigenvalue weighted by atomic mass is 9.93. The van der Waals surface area contributed by atoms with Crippen LogP contribution >= 0.6 is 27.5 Å². The number of benzene rings is 2. The zero-order valence-corrected chi connectivity index (χ0v) is 19.6. The molecule has 0 aliphatic heterocycles. The molecule has 1 unspecified atom stereocenters. The van der Waals surface area contributed by atoms with Crippen molar-refractivity contribution in [1.29, 1.82) is 0 Å². The molecule has 0 bridgehead atoms. The van der Waals surface area contributed by atoms with E-state index in [2.05, 4.69) is 26.5 Å². The molecule has 10 heteroatoms. The van der Waals surface area contributed by atoms with E-state index in [1.54, 1.807) is 36.4 Å². The van der Waals surface area contributed by atoms with E-state index >= 15 is 0 Å². The van der Waals surface area contributed by atoms with Crippen LogP contribution in [0.4, 0.5) is 0 Å². The zero-order chi connectivity index (χ0) is 23.6. The van der Waals surface area contributed by atoms with E-state index in [0.717, 1.165) is 16.8 Å². The second-order valence-electron chi connectivity index (χ2n) is 7.13. The molecule has 166 valence electrons. The van der Waals surface area contributed by atoms with Gasteiger partial charge in [0.1, 0.15) is 5.69 Å². The Bertz CT molecular complexity index is 1220. The van der Waals surface area contributed by atoms with Crippen molar-refractivity contribution in [3.05, 3.63) is 74.3 Å². The van der Waals surface area contributed by atoms with Gasteiger partial charge in [-0.05, 0) is 58.1 Å². The Kier molecular flexibility index (Phi) is 7.00. The Morgan fingerprint density at radius 2 is 1.91 bits per heavy atom. The number of rotatable bonds is 7. The van der Waals surface area contributed by atoms with Gasteiger partial charge in [0.25, 0.3) is 5.91 Å². The summed E-state index contributed by atoms with van der Waals surface area (Å²) >= 11 is 9.34. The summed E-state index contributed by atoms with van der Waals surface area (Å²) in [6.45, 7) is 4.06. The number of hydrogen-bond acceptors (Lipinski definition) is 4. The van der Waals surface area contributed by atoms with Crippen molar-refractivity contribution in [2.24, 2.45) is 5.73 Å². The highest BCUT2D eigenvalue weighted by Gasteiger charge is 2.27. The molecule has 1 aromatic heterocycles. The normalized spacial score (nSPS) is 11.8. The zero-order valence-electron chi connectivity index (χ0n) is 17.2. The van der Waals surface area contributed by atoms with Crippen molar-refractivity contribution in [3.8, 4) is 11.3 Å². The molecule has 1 atom stereocenters. The molecule has 0 saturated heterocycles. The fourth-order valence-corrected chi connectivity index (χ4v) is 4.01. The monoisotopic (exact) mass is 518 g/mol. The number of carbonyl (C=O) groups is 3. The first-order valence-electron chi connectivity index (χ1n) is 9.67. The summed E-state index contributed by atoms with van der Waals surface area (Å²) in [7, 11) is 0. The number of amides is 2. The molecule has 4 N–H and O–H groups in total. The molecule has 8 nitrogen and oxygen atoms in total. The smallest absolute Gasteiger partial charge is 0.357 e. The molecule has 3 aromatic rings. The van der Waals surface area contributed by atoms with E-state index < -0.39 is 17.8 Å². The van der Waals surface area contributed by atoms with Crippen LogP contribution in [0.2, 0.25) is 5.02 Å². The predicted octanol–water partition coefficient (Wildman–Crippen LogP) is 4.66. The summed E-state index contributed by atoms with van der Waals surface area (Å²) in [6, 6.07) is 11.5. The van der Waals surface area contributed by atoms with Crippen LogP contribution < -0.4 is 11.2 Å². The lowest BCUT2D eigenvalue weighted by Gasteiger charge is -2.13. The minimum Gasteiger partial charge on any atom is -0.476 e. The van der Waals surface area contributed by atoms with Gasteiger partial charge in [0.2, 0.25) is 5.91 Å². The number of aromatic nitrogens is 2. The summed E-state index contributed by atoms with van der Waals surface area (Å²) in [6.07, 6.45) is 0.860. The molecular formula is C22H20BrClN4O4. The minimum atomic E-state index is -1.34. The first-order valence-corrected chi connectivity index (χ1v) is 10.8. The summed E-state index contributed by atoms with van der Waals surface area (Å²) in [4.78, 5) is 37.5. The third-order valence-electron chi connectivity index (χ3n) is 5.10. The highest BCUT2D eigenvalue weighted by molar-refractivity contribution is 9.10. The molecule has 32 heavy (non-hydrogen) atoms. The van der Waals surface area contributed by atoms with Crippen molar-refractivity contribution in [2.45, 2.75) is 26.2 Å². The van der Waals surface area contributed by atoms with Gasteiger partial charge >= 0.3 is 5.97 Å². The third-order valence-corrected chi connectivity index (χ3v) is 6.18. The van der Waals surface area contributed by atoms with E-state index in [1.165, 1.54) is 6.07 Å². The lowest BCUT2D eigenvalue weighted by Crippen LogP contribution is -2.27. The first-order chi connectivity index (χ1) is 15.1. The minimum absolute atomic E-state index is 0.0910. The van der Waals surface area contributed by atoms with Crippen LogP contribution in [0.15, 0.2) is 46.9 Å². The highest BCUT2D eigenvalue weighted by atomic mass is 79.9. The number of primary amides is 1. The molecule has 3 rings (SSSR count). The van der Waals surface area contributed by atoms with Gasteiger partial charge in [0.05, 0.1) is 15.1 Å². The third kappa shape index (κ3) is 4.53. The Morgan fingerprint density at radius 1 is 1.22 bits per heavy atom. The van der Waals surface area contributed by atoms with Crippen molar-refractivity contribution in [1.82, 2.24) is 9.89 Å². The number of nitrogens with zero attached hydrogens (tertiary/aromatic N) is 2. The van der Waals surface area contributed by atoms with Crippen LogP contribution in [0, 0.1) is 0 Å². The van der Waals surface area contributed by atoms with Crippen LogP contribution in [-0.2, 0) is 0 Å². The molecule has 2 aromatic carbocycles. The number of hydrogen-bond donors (Lipinski definition) is 3. The topological polar surface area (TPSA) is 127 Å². The van der Waals surface area contributed by atoms with Gasteiger partial charge in [-0.2, -0.15) is 9.89 Å². The number of carbonyl (C=O) groups excluding carboxylic acids is 2. The summed E-state index contributed by atoms with van der Waals surface area (Å²) in [5, 5.41) is 14.2. The fraction of sp³-hybridized carbons (Fsp3) is 0.182. The van der Waals surface area contributed by atoms with Crippen LogP contribution in [-0.4, -0.2) is 32.8 Å².